The number of aryl methyl sites for hydroxylation is 1. The summed E-state index contributed by atoms with van der Waals surface area (Å²) < 4.78 is 27.0. The highest BCUT2D eigenvalue weighted by Gasteiger charge is 2.22. The van der Waals surface area contributed by atoms with Gasteiger partial charge in [-0.2, -0.15) is 10.2 Å². The fourth-order valence-electron chi connectivity index (χ4n) is 2.34. The van der Waals surface area contributed by atoms with Crippen molar-refractivity contribution in [2.75, 3.05) is 0 Å². The van der Waals surface area contributed by atoms with Crippen LogP contribution in [0.3, 0.4) is 0 Å². The zero-order valence-electron chi connectivity index (χ0n) is 13.3. The number of fused-ring (bicyclic) bond motifs is 1. The second-order valence-electron chi connectivity index (χ2n) is 5.88. The van der Waals surface area contributed by atoms with E-state index in [4.69, 9.17) is 0 Å². The standard InChI is InChI=1S/C16H18N4O2S/c1-11(2)13-5-7-15-16(17-10-20(15)8-13)23(21,22)9-14-6-4-12(3)18-19-14/h4-8,10-11H,9H2,1-3H3. The van der Waals surface area contributed by atoms with Crippen molar-refractivity contribution in [3.05, 3.63) is 53.7 Å². The van der Waals surface area contributed by atoms with Crippen molar-refractivity contribution in [2.24, 2.45) is 0 Å². The number of rotatable bonds is 4. The first-order valence-electron chi connectivity index (χ1n) is 7.35. The Hall–Kier alpha value is -2.28. The third-order valence-electron chi connectivity index (χ3n) is 3.67. The topological polar surface area (TPSA) is 77.2 Å². The van der Waals surface area contributed by atoms with Crippen LogP contribution in [0, 0.1) is 6.92 Å². The number of hydrogen-bond acceptors (Lipinski definition) is 5. The highest BCUT2D eigenvalue weighted by molar-refractivity contribution is 7.90. The van der Waals surface area contributed by atoms with E-state index in [9.17, 15) is 8.42 Å². The molecule has 0 radical (unpaired) electrons. The molecule has 3 aromatic heterocycles. The molecule has 0 aliphatic carbocycles. The molecule has 3 aromatic rings. The van der Waals surface area contributed by atoms with Gasteiger partial charge in [-0.05, 0) is 36.6 Å². The quantitative estimate of drug-likeness (QED) is 0.734. The van der Waals surface area contributed by atoms with Crippen molar-refractivity contribution in [3.8, 4) is 0 Å². The van der Waals surface area contributed by atoms with Gasteiger partial charge in [-0.1, -0.05) is 19.9 Å². The third-order valence-corrected chi connectivity index (χ3v) is 5.25. The van der Waals surface area contributed by atoms with E-state index in [0.717, 1.165) is 11.3 Å². The summed E-state index contributed by atoms with van der Waals surface area (Å²) in [4.78, 5) is 4.11. The van der Waals surface area contributed by atoms with Crippen molar-refractivity contribution in [2.45, 2.75) is 37.5 Å². The van der Waals surface area contributed by atoms with Gasteiger partial charge in [0.2, 0.25) is 9.84 Å². The van der Waals surface area contributed by atoms with E-state index in [-0.39, 0.29) is 10.8 Å². The highest BCUT2D eigenvalue weighted by atomic mass is 32.2. The highest BCUT2D eigenvalue weighted by Crippen LogP contribution is 2.22. The SMILES string of the molecule is Cc1ccc(CS(=O)(=O)c2ncn3cc(C(C)C)ccc23)nn1. The molecule has 0 amide bonds. The summed E-state index contributed by atoms with van der Waals surface area (Å²) in [5, 5.41) is 7.90. The third kappa shape index (κ3) is 3.10. The van der Waals surface area contributed by atoms with Crippen LogP contribution in [0.5, 0.6) is 0 Å². The van der Waals surface area contributed by atoms with Gasteiger partial charge < -0.3 is 4.40 Å². The van der Waals surface area contributed by atoms with Crippen molar-refractivity contribution < 1.29 is 8.42 Å². The molecule has 0 aliphatic rings. The van der Waals surface area contributed by atoms with Crippen molar-refractivity contribution in [1.82, 2.24) is 19.6 Å². The first kappa shape index (κ1) is 15.6. The van der Waals surface area contributed by atoms with E-state index in [1.54, 1.807) is 29.5 Å². The molecular formula is C16H18N4O2S. The van der Waals surface area contributed by atoms with Crippen molar-refractivity contribution >= 4 is 15.4 Å². The first-order valence-corrected chi connectivity index (χ1v) is 9.00. The number of pyridine rings is 1. The summed E-state index contributed by atoms with van der Waals surface area (Å²) in [6, 6.07) is 7.16. The van der Waals surface area contributed by atoms with Gasteiger partial charge in [0.05, 0.1) is 16.9 Å². The minimum absolute atomic E-state index is 0.0789. The van der Waals surface area contributed by atoms with Crippen LogP contribution in [-0.4, -0.2) is 28.0 Å². The summed E-state index contributed by atoms with van der Waals surface area (Å²) in [7, 11) is -3.58. The van der Waals surface area contributed by atoms with Gasteiger partial charge in [0.25, 0.3) is 0 Å². The van der Waals surface area contributed by atoms with Crippen LogP contribution < -0.4 is 0 Å². The molecule has 3 heterocycles. The number of hydrogen-bond donors (Lipinski definition) is 0. The average molecular weight is 330 g/mol. The maximum absolute atomic E-state index is 12.6. The molecule has 0 aromatic carbocycles. The summed E-state index contributed by atoms with van der Waals surface area (Å²) in [6.45, 7) is 5.98. The van der Waals surface area contributed by atoms with Crippen LogP contribution in [0.2, 0.25) is 0 Å². The normalized spacial score (nSPS) is 12.2. The lowest BCUT2D eigenvalue weighted by atomic mass is 10.1. The van der Waals surface area contributed by atoms with Gasteiger partial charge in [-0.15, -0.1) is 0 Å². The van der Waals surface area contributed by atoms with Crippen LogP contribution in [0.4, 0.5) is 0 Å². The molecule has 6 nitrogen and oxygen atoms in total. The molecule has 7 heteroatoms. The van der Waals surface area contributed by atoms with Gasteiger partial charge in [0.1, 0.15) is 12.1 Å². The molecule has 120 valence electrons. The number of nitrogens with zero attached hydrogens (tertiary/aromatic N) is 4. The van der Waals surface area contributed by atoms with E-state index in [1.807, 2.05) is 12.3 Å². The number of imidazole rings is 1. The van der Waals surface area contributed by atoms with Gasteiger partial charge in [0, 0.05) is 6.20 Å². The lowest BCUT2D eigenvalue weighted by Crippen LogP contribution is -2.08. The summed E-state index contributed by atoms with van der Waals surface area (Å²) >= 11 is 0. The fraction of sp³-hybridized carbons (Fsp3) is 0.312. The van der Waals surface area contributed by atoms with Gasteiger partial charge in [-0.25, -0.2) is 13.4 Å². The van der Waals surface area contributed by atoms with E-state index < -0.39 is 9.84 Å². The van der Waals surface area contributed by atoms with Crippen LogP contribution in [0.1, 0.15) is 36.7 Å². The summed E-state index contributed by atoms with van der Waals surface area (Å²) in [5.41, 5.74) is 2.87. The zero-order valence-corrected chi connectivity index (χ0v) is 14.1. The second-order valence-corrected chi connectivity index (χ2v) is 7.79. The Balaban J connectivity index is 1.99. The second kappa shape index (κ2) is 5.73. The Bertz CT molecular complexity index is 944. The van der Waals surface area contributed by atoms with Gasteiger partial charge in [-0.3, -0.25) is 0 Å². The van der Waals surface area contributed by atoms with Crippen molar-refractivity contribution in [3.63, 3.8) is 0 Å². The van der Waals surface area contributed by atoms with Crippen LogP contribution >= 0.6 is 0 Å². The van der Waals surface area contributed by atoms with Crippen LogP contribution in [0.15, 0.2) is 41.8 Å². The molecule has 0 aliphatic heterocycles. The Morgan fingerprint density at radius 1 is 1.13 bits per heavy atom. The predicted molar refractivity (Wildman–Crippen MR) is 86.9 cm³/mol. The number of aromatic nitrogens is 4. The maximum Gasteiger partial charge on any atom is 0.203 e. The Morgan fingerprint density at radius 3 is 2.57 bits per heavy atom. The van der Waals surface area contributed by atoms with Crippen LogP contribution in [-0.2, 0) is 15.6 Å². The van der Waals surface area contributed by atoms with E-state index in [0.29, 0.717) is 17.1 Å². The lowest BCUT2D eigenvalue weighted by molar-refractivity contribution is 0.592. The molecule has 0 bridgehead atoms. The van der Waals surface area contributed by atoms with Gasteiger partial charge >= 0.3 is 0 Å². The summed E-state index contributed by atoms with van der Waals surface area (Å²) in [6.07, 6.45) is 3.45. The molecule has 0 fully saturated rings. The molecule has 0 spiro atoms. The number of sulfone groups is 1. The Labute approximate surface area is 135 Å². The first-order chi connectivity index (χ1) is 10.9. The monoisotopic (exact) mass is 330 g/mol. The maximum atomic E-state index is 12.6. The van der Waals surface area contributed by atoms with E-state index in [2.05, 4.69) is 29.0 Å². The van der Waals surface area contributed by atoms with E-state index in [1.165, 1.54) is 6.33 Å². The zero-order chi connectivity index (χ0) is 16.6. The van der Waals surface area contributed by atoms with Crippen LogP contribution in [0.25, 0.3) is 5.52 Å². The molecule has 0 unspecified atom stereocenters. The fourth-order valence-corrected chi connectivity index (χ4v) is 3.72. The predicted octanol–water partition coefficient (Wildman–Crippen LogP) is 2.53. The Morgan fingerprint density at radius 2 is 1.91 bits per heavy atom. The smallest absolute Gasteiger partial charge is 0.203 e. The lowest BCUT2D eigenvalue weighted by Gasteiger charge is -2.06. The van der Waals surface area contributed by atoms with Crippen molar-refractivity contribution in [1.29, 1.82) is 0 Å². The molecule has 0 saturated heterocycles. The molecule has 0 saturated carbocycles. The molecule has 0 atom stereocenters. The van der Waals surface area contributed by atoms with Gasteiger partial charge in [0.15, 0.2) is 5.03 Å². The molecule has 0 N–H and O–H groups in total. The average Bonchev–Trinajstić information content (AvgIpc) is 2.93. The minimum atomic E-state index is -3.58. The largest absolute Gasteiger partial charge is 0.305 e. The van der Waals surface area contributed by atoms with E-state index >= 15 is 0 Å². The molecule has 3 rings (SSSR count). The minimum Gasteiger partial charge on any atom is -0.305 e. The molecule has 23 heavy (non-hydrogen) atoms. The summed E-state index contributed by atoms with van der Waals surface area (Å²) in [5.74, 6) is 0.156. The Kier molecular flexibility index (Phi) is 3.89. The molecular weight excluding hydrogens is 312 g/mol.